The minimum absolute atomic E-state index is 0.246. The predicted molar refractivity (Wildman–Crippen MR) is 71.9 cm³/mol. The number of methoxy groups -OCH3 is 1. The summed E-state index contributed by atoms with van der Waals surface area (Å²) in [5, 5.41) is 0. The quantitative estimate of drug-likeness (QED) is 0.663. The van der Waals surface area contributed by atoms with Crippen LogP contribution in [0.25, 0.3) is 0 Å². The van der Waals surface area contributed by atoms with Gasteiger partial charge in [-0.05, 0) is 12.1 Å². The molecule has 0 aliphatic carbocycles. The van der Waals surface area contributed by atoms with Gasteiger partial charge in [-0.25, -0.2) is 19.8 Å². The molecule has 1 unspecified atom stereocenters. The Morgan fingerprint density at radius 1 is 1.37 bits per heavy atom. The Balaban J connectivity index is 2.37. The molecule has 0 amide bonds. The molecule has 0 spiro atoms. The average Bonchev–Trinajstić information content (AvgIpc) is 2.42. The van der Waals surface area contributed by atoms with E-state index in [4.69, 9.17) is 10.6 Å². The fourth-order valence-electron chi connectivity index (χ4n) is 1.68. The Kier molecular flexibility index (Phi) is 4.41. The molecular formula is C12H12BrFN4O. The van der Waals surface area contributed by atoms with Gasteiger partial charge in [-0.2, -0.15) is 0 Å². The molecule has 1 heterocycles. The normalized spacial score (nSPS) is 12.2. The van der Waals surface area contributed by atoms with Crippen LogP contribution in [0.15, 0.2) is 35.1 Å². The Bertz CT molecular complexity index is 564. The lowest BCUT2D eigenvalue weighted by Crippen LogP contribution is -2.29. The molecule has 5 nitrogen and oxygen atoms in total. The first-order chi connectivity index (χ1) is 9.15. The standard InChI is InChI=1S/C12H12BrFN4O/c1-19-12-16-5-7(6-17-12)11(18-15)9-3-2-8(13)4-10(9)14/h2-6,11,18H,15H2,1H3. The molecule has 0 aliphatic heterocycles. The van der Waals surface area contributed by atoms with Crippen LogP contribution in [0.4, 0.5) is 4.39 Å². The third-order valence-corrected chi connectivity index (χ3v) is 3.10. The van der Waals surface area contributed by atoms with Crippen molar-refractivity contribution in [3.8, 4) is 6.01 Å². The summed E-state index contributed by atoms with van der Waals surface area (Å²) in [5.74, 6) is 5.13. The van der Waals surface area contributed by atoms with Crippen molar-refractivity contribution < 1.29 is 9.13 Å². The van der Waals surface area contributed by atoms with Crippen LogP contribution in [-0.2, 0) is 0 Å². The number of nitrogens with one attached hydrogen (secondary N) is 1. The summed E-state index contributed by atoms with van der Waals surface area (Å²) in [6, 6.07) is 4.49. The number of rotatable bonds is 4. The van der Waals surface area contributed by atoms with E-state index in [0.717, 1.165) is 0 Å². The van der Waals surface area contributed by atoms with Crippen LogP contribution < -0.4 is 16.0 Å². The Labute approximate surface area is 118 Å². The molecule has 2 aromatic rings. The van der Waals surface area contributed by atoms with E-state index in [1.54, 1.807) is 12.1 Å². The molecule has 0 bridgehead atoms. The molecule has 0 saturated heterocycles. The molecule has 19 heavy (non-hydrogen) atoms. The van der Waals surface area contributed by atoms with Crippen molar-refractivity contribution >= 4 is 15.9 Å². The molecule has 1 atom stereocenters. The topological polar surface area (TPSA) is 73.1 Å². The number of benzene rings is 1. The van der Waals surface area contributed by atoms with Gasteiger partial charge >= 0.3 is 6.01 Å². The molecule has 0 radical (unpaired) electrons. The highest BCUT2D eigenvalue weighted by atomic mass is 79.9. The van der Waals surface area contributed by atoms with Crippen molar-refractivity contribution in [3.63, 3.8) is 0 Å². The molecule has 0 saturated carbocycles. The van der Waals surface area contributed by atoms with E-state index >= 15 is 0 Å². The maximum atomic E-state index is 13.9. The molecule has 7 heteroatoms. The fourth-order valence-corrected chi connectivity index (χ4v) is 2.01. The first-order valence-electron chi connectivity index (χ1n) is 5.42. The van der Waals surface area contributed by atoms with E-state index in [1.807, 2.05) is 0 Å². The van der Waals surface area contributed by atoms with E-state index in [2.05, 4.69) is 31.3 Å². The second kappa shape index (κ2) is 6.05. The number of hydrazine groups is 1. The monoisotopic (exact) mass is 326 g/mol. The van der Waals surface area contributed by atoms with Crippen LogP contribution in [0.5, 0.6) is 6.01 Å². The van der Waals surface area contributed by atoms with Crippen molar-refractivity contribution in [2.24, 2.45) is 5.84 Å². The van der Waals surface area contributed by atoms with Gasteiger partial charge in [0.15, 0.2) is 0 Å². The zero-order chi connectivity index (χ0) is 13.8. The van der Waals surface area contributed by atoms with Gasteiger partial charge in [-0.15, -0.1) is 0 Å². The van der Waals surface area contributed by atoms with Gasteiger partial charge in [-0.1, -0.05) is 22.0 Å². The first-order valence-corrected chi connectivity index (χ1v) is 6.22. The highest BCUT2D eigenvalue weighted by molar-refractivity contribution is 9.10. The van der Waals surface area contributed by atoms with E-state index in [9.17, 15) is 4.39 Å². The summed E-state index contributed by atoms with van der Waals surface area (Å²) >= 11 is 3.21. The minimum Gasteiger partial charge on any atom is -0.467 e. The SMILES string of the molecule is COc1ncc(C(NN)c2ccc(Br)cc2F)cn1. The highest BCUT2D eigenvalue weighted by Crippen LogP contribution is 2.25. The molecule has 1 aromatic heterocycles. The van der Waals surface area contributed by atoms with Crippen molar-refractivity contribution in [3.05, 3.63) is 52.0 Å². The summed E-state index contributed by atoms with van der Waals surface area (Å²) in [6.07, 6.45) is 3.08. The van der Waals surface area contributed by atoms with Crippen LogP contribution in [0, 0.1) is 5.82 Å². The Morgan fingerprint density at radius 2 is 2.05 bits per heavy atom. The summed E-state index contributed by atoms with van der Waals surface area (Å²) in [7, 11) is 1.47. The number of nitrogens with two attached hydrogens (primary N) is 1. The molecular weight excluding hydrogens is 315 g/mol. The molecule has 100 valence electrons. The van der Waals surface area contributed by atoms with Crippen LogP contribution in [-0.4, -0.2) is 17.1 Å². The van der Waals surface area contributed by atoms with Gasteiger partial charge in [0.05, 0.1) is 13.2 Å². The van der Waals surface area contributed by atoms with Crippen molar-refractivity contribution in [1.82, 2.24) is 15.4 Å². The van der Waals surface area contributed by atoms with Gasteiger partial charge in [0.1, 0.15) is 5.82 Å². The van der Waals surface area contributed by atoms with Gasteiger partial charge in [0, 0.05) is 28.0 Å². The maximum absolute atomic E-state index is 13.9. The van der Waals surface area contributed by atoms with Crippen LogP contribution >= 0.6 is 15.9 Å². The van der Waals surface area contributed by atoms with Crippen LogP contribution in [0.2, 0.25) is 0 Å². The van der Waals surface area contributed by atoms with Gasteiger partial charge in [-0.3, -0.25) is 5.84 Å². The third-order valence-electron chi connectivity index (χ3n) is 2.60. The summed E-state index contributed by atoms with van der Waals surface area (Å²) < 4.78 is 19.5. The molecule has 0 fully saturated rings. The second-order valence-corrected chi connectivity index (χ2v) is 4.68. The van der Waals surface area contributed by atoms with Crippen LogP contribution in [0.3, 0.4) is 0 Å². The summed E-state index contributed by atoms with van der Waals surface area (Å²) in [5.41, 5.74) is 3.62. The van der Waals surface area contributed by atoms with Crippen molar-refractivity contribution in [1.29, 1.82) is 0 Å². The first kappa shape index (κ1) is 13.9. The van der Waals surface area contributed by atoms with E-state index in [-0.39, 0.29) is 11.8 Å². The van der Waals surface area contributed by atoms with E-state index in [0.29, 0.717) is 15.6 Å². The summed E-state index contributed by atoms with van der Waals surface area (Å²) in [4.78, 5) is 7.96. The molecule has 2 rings (SSSR count). The largest absolute Gasteiger partial charge is 0.467 e. The van der Waals surface area contributed by atoms with Gasteiger partial charge in [0.25, 0.3) is 0 Å². The molecule has 3 N–H and O–H groups in total. The number of hydrogen-bond donors (Lipinski definition) is 2. The van der Waals surface area contributed by atoms with Crippen molar-refractivity contribution in [2.75, 3.05) is 7.11 Å². The van der Waals surface area contributed by atoms with Gasteiger partial charge in [0.2, 0.25) is 0 Å². The number of ether oxygens (including phenoxy) is 1. The number of halogens is 2. The second-order valence-electron chi connectivity index (χ2n) is 3.77. The third kappa shape index (κ3) is 3.06. The lowest BCUT2D eigenvalue weighted by atomic mass is 10.0. The molecule has 0 aliphatic rings. The number of nitrogens with zero attached hydrogens (tertiary/aromatic N) is 2. The van der Waals surface area contributed by atoms with E-state index < -0.39 is 6.04 Å². The predicted octanol–water partition coefficient (Wildman–Crippen LogP) is 1.94. The smallest absolute Gasteiger partial charge is 0.316 e. The van der Waals surface area contributed by atoms with Crippen molar-refractivity contribution in [2.45, 2.75) is 6.04 Å². The minimum atomic E-state index is -0.529. The Morgan fingerprint density at radius 3 is 2.58 bits per heavy atom. The van der Waals surface area contributed by atoms with E-state index in [1.165, 1.54) is 25.6 Å². The fraction of sp³-hybridized carbons (Fsp3) is 0.167. The van der Waals surface area contributed by atoms with Crippen LogP contribution in [0.1, 0.15) is 17.2 Å². The lowest BCUT2D eigenvalue weighted by Gasteiger charge is -2.17. The maximum Gasteiger partial charge on any atom is 0.316 e. The van der Waals surface area contributed by atoms with Gasteiger partial charge < -0.3 is 4.74 Å². The average molecular weight is 327 g/mol. The lowest BCUT2D eigenvalue weighted by molar-refractivity contribution is 0.378. The number of hydrogen-bond acceptors (Lipinski definition) is 5. The summed E-state index contributed by atoms with van der Waals surface area (Å²) in [6.45, 7) is 0. The number of aromatic nitrogens is 2. The molecule has 1 aromatic carbocycles. The Hall–Kier alpha value is -1.57. The highest BCUT2D eigenvalue weighted by Gasteiger charge is 2.17. The zero-order valence-corrected chi connectivity index (χ0v) is 11.7. The zero-order valence-electron chi connectivity index (χ0n) is 10.1.